The van der Waals surface area contributed by atoms with Crippen LogP contribution in [0.3, 0.4) is 0 Å². The van der Waals surface area contributed by atoms with Crippen LogP contribution in [0, 0.1) is 10.8 Å². The highest BCUT2D eigenvalue weighted by Gasteiger charge is 2.27. The summed E-state index contributed by atoms with van der Waals surface area (Å²) in [5.74, 6) is -0.203. The first-order valence-electron chi connectivity index (χ1n) is 9.34. The van der Waals surface area contributed by atoms with E-state index in [0.29, 0.717) is 12.8 Å². The van der Waals surface area contributed by atoms with Gasteiger partial charge < -0.3 is 9.47 Å². The Hall–Kier alpha value is -1.06. The number of carbonyl (C=O) groups is 2. The molecular weight excluding hydrogens is 304 g/mol. The molecule has 0 aromatic heterocycles. The highest BCUT2D eigenvalue weighted by atomic mass is 16.6. The number of hydrogen-bond donors (Lipinski definition) is 0. The maximum atomic E-state index is 11.9. The Morgan fingerprint density at radius 3 is 1.25 bits per heavy atom. The zero-order chi connectivity index (χ0) is 18.4. The number of ether oxygens (including phenoxy) is 2. The highest BCUT2D eigenvalue weighted by molar-refractivity contribution is 5.70. The van der Waals surface area contributed by atoms with Crippen LogP contribution in [0.5, 0.6) is 0 Å². The second-order valence-electron chi connectivity index (χ2n) is 9.50. The summed E-state index contributed by atoms with van der Waals surface area (Å²) in [6.45, 7) is 12.7. The van der Waals surface area contributed by atoms with Crippen molar-refractivity contribution in [3.8, 4) is 0 Å². The monoisotopic (exact) mass is 340 g/mol. The van der Waals surface area contributed by atoms with Gasteiger partial charge in [0.05, 0.1) is 0 Å². The number of esters is 2. The van der Waals surface area contributed by atoms with E-state index in [1.54, 1.807) is 0 Å². The Labute approximate surface area is 147 Å². The SMILES string of the molecule is CC(C)(C)CCC(=O)OC1CCC(OC(=O)CCC(C)(C)C)CC1. The molecule has 1 aliphatic carbocycles. The van der Waals surface area contributed by atoms with Gasteiger partial charge in [-0.1, -0.05) is 41.5 Å². The quantitative estimate of drug-likeness (QED) is 0.636. The van der Waals surface area contributed by atoms with E-state index in [1.807, 2.05) is 0 Å². The van der Waals surface area contributed by atoms with Gasteiger partial charge >= 0.3 is 11.9 Å². The Bertz CT molecular complexity index is 366. The molecule has 24 heavy (non-hydrogen) atoms. The Kier molecular flexibility index (Phi) is 7.75. The molecule has 1 saturated carbocycles. The second-order valence-corrected chi connectivity index (χ2v) is 9.50. The smallest absolute Gasteiger partial charge is 0.306 e. The first-order valence-corrected chi connectivity index (χ1v) is 9.34. The second kappa shape index (κ2) is 8.87. The van der Waals surface area contributed by atoms with Crippen LogP contribution in [0.2, 0.25) is 0 Å². The minimum absolute atomic E-state index is 0.0120. The van der Waals surface area contributed by atoms with E-state index < -0.39 is 0 Å². The normalized spacial score (nSPS) is 22.1. The van der Waals surface area contributed by atoms with Gasteiger partial charge in [0.2, 0.25) is 0 Å². The third kappa shape index (κ3) is 9.94. The molecule has 1 rings (SSSR count). The van der Waals surface area contributed by atoms with Crippen LogP contribution in [-0.2, 0) is 19.1 Å². The van der Waals surface area contributed by atoms with Crippen LogP contribution in [0.25, 0.3) is 0 Å². The molecule has 0 radical (unpaired) electrons. The molecule has 0 aromatic rings. The van der Waals surface area contributed by atoms with Crippen molar-refractivity contribution >= 4 is 11.9 Å². The van der Waals surface area contributed by atoms with Crippen molar-refractivity contribution in [2.45, 2.75) is 105 Å². The molecule has 4 nitrogen and oxygen atoms in total. The molecule has 1 aliphatic rings. The van der Waals surface area contributed by atoms with Crippen molar-refractivity contribution in [1.82, 2.24) is 0 Å². The molecule has 0 atom stereocenters. The molecule has 4 heteroatoms. The lowest BCUT2D eigenvalue weighted by molar-refractivity contribution is -0.158. The van der Waals surface area contributed by atoms with Gasteiger partial charge in [-0.25, -0.2) is 0 Å². The summed E-state index contributed by atoms with van der Waals surface area (Å²) in [6, 6.07) is 0. The number of hydrogen-bond acceptors (Lipinski definition) is 4. The average Bonchev–Trinajstić information content (AvgIpc) is 2.44. The van der Waals surface area contributed by atoms with Gasteiger partial charge in [-0.3, -0.25) is 9.59 Å². The minimum Gasteiger partial charge on any atom is -0.462 e. The molecule has 0 spiro atoms. The molecule has 1 fully saturated rings. The van der Waals surface area contributed by atoms with E-state index in [-0.39, 0.29) is 35.0 Å². The van der Waals surface area contributed by atoms with Gasteiger partial charge in [-0.2, -0.15) is 0 Å². The number of rotatable bonds is 6. The molecule has 0 bridgehead atoms. The van der Waals surface area contributed by atoms with Gasteiger partial charge in [0.25, 0.3) is 0 Å². The van der Waals surface area contributed by atoms with E-state index in [9.17, 15) is 9.59 Å². The van der Waals surface area contributed by atoms with Crippen LogP contribution >= 0.6 is 0 Å². The Morgan fingerprint density at radius 1 is 0.708 bits per heavy atom. The van der Waals surface area contributed by atoms with Gasteiger partial charge in [-0.05, 0) is 49.4 Å². The molecule has 0 aromatic carbocycles. The average molecular weight is 341 g/mol. The summed E-state index contributed by atoms with van der Waals surface area (Å²) in [6.07, 6.45) is 5.77. The molecule has 0 N–H and O–H groups in total. The van der Waals surface area contributed by atoms with Crippen LogP contribution < -0.4 is 0 Å². The maximum Gasteiger partial charge on any atom is 0.306 e. The van der Waals surface area contributed by atoms with Crippen LogP contribution in [0.4, 0.5) is 0 Å². The van der Waals surface area contributed by atoms with Gasteiger partial charge in [0, 0.05) is 12.8 Å². The molecule has 0 amide bonds. The zero-order valence-corrected chi connectivity index (χ0v) is 16.4. The van der Waals surface area contributed by atoms with E-state index in [0.717, 1.165) is 38.5 Å². The maximum absolute atomic E-state index is 11.9. The largest absolute Gasteiger partial charge is 0.462 e. The fourth-order valence-corrected chi connectivity index (χ4v) is 2.71. The van der Waals surface area contributed by atoms with Gasteiger partial charge in [-0.15, -0.1) is 0 Å². The third-order valence-electron chi connectivity index (χ3n) is 4.38. The molecule has 0 aliphatic heterocycles. The first-order chi connectivity index (χ1) is 10.9. The lowest BCUT2D eigenvalue weighted by Crippen LogP contribution is -2.30. The molecular formula is C20H36O4. The lowest BCUT2D eigenvalue weighted by Gasteiger charge is -2.29. The molecule has 140 valence electrons. The van der Waals surface area contributed by atoms with Crippen molar-refractivity contribution in [1.29, 1.82) is 0 Å². The summed E-state index contributed by atoms with van der Waals surface area (Å²) in [5, 5.41) is 0. The molecule has 0 unspecified atom stereocenters. The lowest BCUT2D eigenvalue weighted by atomic mass is 9.90. The summed E-state index contributed by atoms with van der Waals surface area (Å²) in [4.78, 5) is 23.8. The third-order valence-corrected chi connectivity index (χ3v) is 4.38. The molecule has 0 saturated heterocycles. The van der Waals surface area contributed by atoms with Crippen LogP contribution in [-0.4, -0.2) is 24.1 Å². The van der Waals surface area contributed by atoms with E-state index >= 15 is 0 Å². The molecule has 0 heterocycles. The predicted octanol–water partition coefficient (Wildman–Crippen LogP) is 5.04. The topological polar surface area (TPSA) is 52.6 Å². The standard InChI is InChI=1S/C20H36O4/c1-19(2,3)13-11-17(21)23-15-7-9-16(10-8-15)24-18(22)12-14-20(4,5)6/h15-16H,7-14H2,1-6H3. The van der Waals surface area contributed by atoms with Crippen LogP contribution in [0.15, 0.2) is 0 Å². The van der Waals surface area contributed by atoms with Gasteiger partial charge in [0.15, 0.2) is 0 Å². The highest BCUT2D eigenvalue weighted by Crippen LogP contribution is 2.27. The van der Waals surface area contributed by atoms with E-state index in [1.165, 1.54) is 0 Å². The summed E-state index contributed by atoms with van der Waals surface area (Å²) in [7, 11) is 0. The number of carbonyl (C=O) groups excluding carboxylic acids is 2. The zero-order valence-electron chi connectivity index (χ0n) is 16.4. The van der Waals surface area contributed by atoms with Crippen LogP contribution in [0.1, 0.15) is 92.9 Å². The van der Waals surface area contributed by atoms with Crippen molar-refractivity contribution in [3.63, 3.8) is 0 Å². The fourth-order valence-electron chi connectivity index (χ4n) is 2.71. The van der Waals surface area contributed by atoms with E-state index in [4.69, 9.17) is 9.47 Å². The summed E-state index contributed by atoms with van der Waals surface area (Å²) < 4.78 is 11.1. The summed E-state index contributed by atoms with van der Waals surface area (Å²) >= 11 is 0. The Balaban J connectivity index is 2.22. The van der Waals surface area contributed by atoms with Crippen molar-refractivity contribution in [2.75, 3.05) is 0 Å². The summed E-state index contributed by atoms with van der Waals surface area (Å²) in [5.41, 5.74) is 0.301. The minimum atomic E-state index is -0.101. The fraction of sp³-hybridized carbons (Fsp3) is 0.900. The van der Waals surface area contributed by atoms with Crippen molar-refractivity contribution in [3.05, 3.63) is 0 Å². The Morgan fingerprint density at radius 2 is 1.00 bits per heavy atom. The van der Waals surface area contributed by atoms with E-state index in [2.05, 4.69) is 41.5 Å². The van der Waals surface area contributed by atoms with Crippen molar-refractivity contribution < 1.29 is 19.1 Å². The van der Waals surface area contributed by atoms with Crippen molar-refractivity contribution in [2.24, 2.45) is 10.8 Å². The predicted molar refractivity (Wildman–Crippen MR) is 95.6 cm³/mol. The first kappa shape index (κ1) is 21.0. The van der Waals surface area contributed by atoms with Gasteiger partial charge in [0.1, 0.15) is 12.2 Å².